The van der Waals surface area contributed by atoms with Gasteiger partial charge >= 0.3 is 6.18 Å². The fourth-order valence-corrected chi connectivity index (χ4v) is 5.75. The van der Waals surface area contributed by atoms with Gasteiger partial charge in [-0.1, -0.05) is 18.2 Å². The summed E-state index contributed by atoms with van der Waals surface area (Å²) in [4.78, 5) is 26.1. The van der Waals surface area contributed by atoms with Crippen molar-refractivity contribution in [2.75, 3.05) is 23.9 Å². The van der Waals surface area contributed by atoms with E-state index in [4.69, 9.17) is 4.74 Å². The van der Waals surface area contributed by atoms with Gasteiger partial charge in [-0.15, -0.1) is 0 Å². The van der Waals surface area contributed by atoms with Crippen LogP contribution in [0.15, 0.2) is 42.5 Å². The maximum atomic E-state index is 13.6. The number of carbonyl (C=O) groups excluding carboxylic acids is 2. The third kappa shape index (κ3) is 5.49. The van der Waals surface area contributed by atoms with Crippen LogP contribution in [0.5, 0.6) is 5.75 Å². The number of anilines is 1. The summed E-state index contributed by atoms with van der Waals surface area (Å²) in [5.41, 5.74) is 2.68. The van der Waals surface area contributed by atoms with Gasteiger partial charge in [-0.2, -0.15) is 18.3 Å². The van der Waals surface area contributed by atoms with Gasteiger partial charge in [0, 0.05) is 12.7 Å². The van der Waals surface area contributed by atoms with E-state index in [0.717, 1.165) is 22.9 Å². The van der Waals surface area contributed by atoms with Crippen LogP contribution in [0.25, 0.3) is 5.69 Å². The van der Waals surface area contributed by atoms with Crippen LogP contribution in [0.1, 0.15) is 39.2 Å². The lowest BCUT2D eigenvalue weighted by Gasteiger charge is -2.35. The molecule has 1 atom stereocenters. The Hall–Kier alpha value is -3.87. The van der Waals surface area contributed by atoms with Crippen molar-refractivity contribution >= 4 is 27.5 Å². The molecule has 0 saturated heterocycles. The highest BCUT2D eigenvalue weighted by Crippen LogP contribution is 2.44. The molecule has 2 amide bonds. The zero-order valence-corrected chi connectivity index (χ0v) is 21.9. The van der Waals surface area contributed by atoms with E-state index in [-0.39, 0.29) is 23.6 Å². The van der Waals surface area contributed by atoms with Crippen molar-refractivity contribution in [2.24, 2.45) is 0 Å². The van der Waals surface area contributed by atoms with E-state index in [1.807, 2.05) is 19.1 Å². The minimum Gasteiger partial charge on any atom is -0.484 e. The van der Waals surface area contributed by atoms with Gasteiger partial charge in [0.05, 0.1) is 16.9 Å². The van der Waals surface area contributed by atoms with E-state index in [1.165, 1.54) is 10.7 Å². The first-order valence-corrected chi connectivity index (χ1v) is 14.1. The number of carbonyl (C=O) groups is 2. The summed E-state index contributed by atoms with van der Waals surface area (Å²) < 4.78 is 67.5. The van der Waals surface area contributed by atoms with E-state index < -0.39 is 45.7 Å². The molecule has 13 heteroatoms. The topological polar surface area (TPSA) is 119 Å². The number of rotatable bonds is 6. The van der Waals surface area contributed by atoms with E-state index in [1.54, 1.807) is 24.3 Å². The largest absolute Gasteiger partial charge is 0.484 e. The number of aryl methyl sites for hydroxylation is 2. The Balaban J connectivity index is 1.53. The number of alkyl halides is 3. The summed E-state index contributed by atoms with van der Waals surface area (Å²) in [6.45, 7) is 0.472. The Bertz CT molecular complexity index is 1600. The van der Waals surface area contributed by atoms with E-state index in [9.17, 15) is 31.2 Å². The van der Waals surface area contributed by atoms with Gasteiger partial charge < -0.3 is 15.4 Å². The summed E-state index contributed by atoms with van der Waals surface area (Å²) >= 11 is 0. The molecule has 0 unspecified atom stereocenters. The van der Waals surface area contributed by atoms with Crippen molar-refractivity contribution in [1.82, 2.24) is 15.1 Å². The van der Waals surface area contributed by atoms with Crippen LogP contribution in [0, 0.1) is 6.92 Å². The van der Waals surface area contributed by atoms with Crippen molar-refractivity contribution in [3.63, 3.8) is 0 Å². The molecule has 1 aliphatic carbocycles. The van der Waals surface area contributed by atoms with Crippen molar-refractivity contribution in [2.45, 2.75) is 37.9 Å². The molecule has 3 aromatic rings. The quantitative estimate of drug-likeness (QED) is 0.476. The van der Waals surface area contributed by atoms with E-state index in [0.29, 0.717) is 24.2 Å². The molecular weight excluding hydrogens is 537 g/mol. The summed E-state index contributed by atoms with van der Waals surface area (Å²) in [5.74, 6) is -1.93. The molecule has 0 radical (unpaired) electrons. The van der Waals surface area contributed by atoms with Crippen LogP contribution < -0.4 is 15.4 Å². The van der Waals surface area contributed by atoms with Gasteiger partial charge in [0.15, 0.2) is 16.4 Å². The molecule has 0 bridgehead atoms. The van der Waals surface area contributed by atoms with E-state index in [2.05, 4.69) is 15.7 Å². The zero-order valence-electron chi connectivity index (χ0n) is 21.1. The van der Waals surface area contributed by atoms with Crippen LogP contribution in [0.4, 0.5) is 19.0 Å². The second-order valence-corrected chi connectivity index (χ2v) is 12.1. The standard InChI is InChI=1S/C26H25F3N4O5S/c1-15-4-3-5-17(10-15)33-23(30-21(34)13-39(2,36)37)22-20(32-33)12-25(31-24(22)35)9-8-16-11-18(6-7-19(16)25)38-14-26(27,28)29/h3-7,10-11H,8-9,12-14H2,1-2H3,(H,30,34)(H,31,35)/t25-/m0/s1. The van der Waals surface area contributed by atoms with Crippen molar-refractivity contribution in [1.29, 1.82) is 0 Å². The van der Waals surface area contributed by atoms with Crippen LogP contribution in [0.3, 0.4) is 0 Å². The predicted octanol–water partition coefficient (Wildman–Crippen LogP) is 3.23. The van der Waals surface area contributed by atoms with Crippen LogP contribution in [-0.4, -0.2) is 54.8 Å². The average molecular weight is 563 g/mol. The summed E-state index contributed by atoms with van der Waals surface area (Å²) in [5, 5.41) is 10.3. The SMILES string of the molecule is Cc1cccc(-n2nc3c(c2NC(=O)CS(C)(=O)=O)C(=O)N[C@@]2(CCc4cc(OCC(F)(F)F)ccc42)C3)c1. The first-order valence-electron chi connectivity index (χ1n) is 12.0. The highest BCUT2D eigenvalue weighted by Gasteiger charge is 2.47. The molecule has 39 heavy (non-hydrogen) atoms. The van der Waals surface area contributed by atoms with Crippen molar-refractivity contribution in [3.05, 3.63) is 70.4 Å². The first kappa shape index (κ1) is 26.7. The molecular formula is C26H25F3N4O5S. The van der Waals surface area contributed by atoms with Crippen LogP contribution in [-0.2, 0) is 33.0 Å². The fraction of sp³-hybridized carbons (Fsp3) is 0.346. The Morgan fingerprint density at radius 2 is 2.00 bits per heavy atom. The van der Waals surface area contributed by atoms with Gasteiger partial charge in [0.25, 0.3) is 5.91 Å². The summed E-state index contributed by atoms with van der Waals surface area (Å²) in [6, 6.07) is 11.9. The molecule has 9 nitrogen and oxygen atoms in total. The zero-order chi connectivity index (χ0) is 28.2. The number of ether oxygens (including phenoxy) is 1. The Morgan fingerprint density at radius 1 is 1.23 bits per heavy atom. The minimum atomic E-state index is -4.46. The van der Waals surface area contributed by atoms with Crippen LogP contribution >= 0.6 is 0 Å². The molecule has 1 spiro atoms. The fourth-order valence-electron chi connectivity index (χ4n) is 5.20. The Morgan fingerprint density at radius 3 is 2.69 bits per heavy atom. The molecule has 206 valence electrons. The van der Waals surface area contributed by atoms with Gasteiger partial charge in [-0.05, 0) is 60.7 Å². The van der Waals surface area contributed by atoms with Crippen molar-refractivity contribution < 1.29 is 35.9 Å². The smallest absolute Gasteiger partial charge is 0.422 e. The number of nitrogens with one attached hydrogen (secondary N) is 2. The van der Waals surface area contributed by atoms with Gasteiger partial charge in [0.2, 0.25) is 5.91 Å². The third-order valence-corrected chi connectivity index (χ3v) is 7.51. The van der Waals surface area contributed by atoms with Gasteiger partial charge in [0.1, 0.15) is 22.9 Å². The van der Waals surface area contributed by atoms with Crippen molar-refractivity contribution in [3.8, 4) is 11.4 Å². The number of amides is 2. The highest BCUT2D eigenvalue weighted by molar-refractivity contribution is 7.91. The Labute approximate surface area is 222 Å². The second-order valence-electron chi connectivity index (χ2n) is 9.98. The number of fused-ring (bicyclic) bond motifs is 3. The van der Waals surface area contributed by atoms with Gasteiger partial charge in [-0.3, -0.25) is 9.59 Å². The Kier molecular flexibility index (Phi) is 6.44. The molecule has 2 heterocycles. The minimum absolute atomic E-state index is 0.0609. The number of aromatic nitrogens is 2. The maximum absolute atomic E-state index is 13.6. The number of nitrogens with zero attached hydrogens (tertiary/aromatic N) is 2. The predicted molar refractivity (Wildman–Crippen MR) is 136 cm³/mol. The lowest BCUT2D eigenvalue weighted by Crippen LogP contribution is -2.49. The third-order valence-electron chi connectivity index (χ3n) is 6.72. The lowest BCUT2D eigenvalue weighted by atomic mass is 9.82. The highest BCUT2D eigenvalue weighted by atomic mass is 32.2. The number of hydrogen-bond donors (Lipinski definition) is 2. The molecule has 2 aliphatic rings. The monoisotopic (exact) mass is 562 g/mol. The molecule has 2 N–H and O–H groups in total. The molecule has 1 aliphatic heterocycles. The molecule has 2 aromatic carbocycles. The number of sulfone groups is 1. The lowest BCUT2D eigenvalue weighted by molar-refractivity contribution is -0.153. The van der Waals surface area contributed by atoms with E-state index >= 15 is 0 Å². The first-order chi connectivity index (χ1) is 18.2. The summed E-state index contributed by atoms with van der Waals surface area (Å²) in [6.07, 6.45) is -2.27. The molecule has 0 saturated carbocycles. The van der Waals surface area contributed by atoms with Gasteiger partial charge in [-0.25, -0.2) is 13.1 Å². The summed E-state index contributed by atoms with van der Waals surface area (Å²) in [7, 11) is -3.63. The molecule has 5 rings (SSSR count). The normalized spacial score (nSPS) is 18.4. The number of benzene rings is 2. The molecule has 0 fully saturated rings. The number of hydrogen-bond acceptors (Lipinski definition) is 6. The maximum Gasteiger partial charge on any atom is 0.422 e. The number of halogens is 3. The van der Waals surface area contributed by atoms with Crippen LogP contribution in [0.2, 0.25) is 0 Å². The second kappa shape index (κ2) is 9.40. The molecule has 1 aromatic heterocycles. The average Bonchev–Trinajstić information content (AvgIpc) is 3.34.